The van der Waals surface area contributed by atoms with Crippen LogP contribution in [0.3, 0.4) is 0 Å². The van der Waals surface area contributed by atoms with Gasteiger partial charge < -0.3 is 24.8 Å². The predicted octanol–water partition coefficient (Wildman–Crippen LogP) is 1.67. The maximum Gasteiger partial charge on any atom is 0.317 e. The van der Waals surface area contributed by atoms with E-state index < -0.39 is 0 Å². The molecule has 1 aromatic carbocycles. The van der Waals surface area contributed by atoms with Crippen molar-refractivity contribution in [1.29, 1.82) is 0 Å². The summed E-state index contributed by atoms with van der Waals surface area (Å²) in [6.45, 7) is 3.96. The number of amides is 3. The van der Waals surface area contributed by atoms with Crippen molar-refractivity contribution in [3.63, 3.8) is 0 Å². The molecule has 0 saturated carbocycles. The van der Waals surface area contributed by atoms with Crippen molar-refractivity contribution < 1.29 is 18.7 Å². The Hall–Kier alpha value is -2.35. The van der Waals surface area contributed by atoms with Crippen LogP contribution in [-0.4, -0.2) is 75.2 Å². The normalized spacial score (nSPS) is 18.1. The second-order valence-corrected chi connectivity index (χ2v) is 7.54. The van der Waals surface area contributed by atoms with Gasteiger partial charge in [0, 0.05) is 52.7 Å². The second kappa shape index (κ2) is 9.23. The first kappa shape index (κ1) is 20.4. The lowest BCUT2D eigenvalue weighted by Gasteiger charge is -2.32. The number of rotatable bonds is 4. The minimum Gasteiger partial charge on any atom is -0.378 e. The Labute approximate surface area is 165 Å². The van der Waals surface area contributed by atoms with E-state index in [-0.39, 0.29) is 30.2 Å². The number of piperidine rings is 1. The van der Waals surface area contributed by atoms with Crippen LogP contribution in [0, 0.1) is 11.7 Å². The number of nitrogens with zero attached hydrogens (tertiary/aromatic N) is 3. The molecule has 2 saturated heterocycles. The highest BCUT2D eigenvalue weighted by Gasteiger charge is 2.28. The zero-order valence-electron chi connectivity index (χ0n) is 16.6. The van der Waals surface area contributed by atoms with Gasteiger partial charge in [0.1, 0.15) is 5.82 Å². The smallest absolute Gasteiger partial charge is 0.317 e. The highest BCUT2D eigenvalue weighted by molar-refractivity contribution is 5.79. The van der Waals surface area contributed by atoms with Crippen molar-refractivity contribution in [2.45, 2.75) is 19.4 Å². The summed E-state index contributed by atoms with van der Waals surface area (Å²) in [6.07, 6.45) is 1.35. The van der Waals surface area contributed by atoms with E-state index in [2.05, 4.69) is 5.32 Å². The number of ether oxygens (including phenoxy) is 1. The van der Waals surface area contributed by atoms with Crippen LogP contribution in [0.25, 0.3) is 0 Å². The number of carbonyl (C=O) groups is 2. The molecule has 1 N–H and O–H groups in total. The van der Waals surface area contributed by atoms with Crippen LogP contribution in [0.5, 0.6) is 0 Å². The standard InChI is InChI=1S/C20H29FN4O3/c1-23(2)19(26)16-5-7-25(8-6-16)20(27)22-14-15-3-4-18(17(21)13-15)24-9-11-28-12-10-24/h3-4,13,16H,5-12,14H2,1-2H3,(H,22,27). The van der Waals surface area contributed by atoms with Crippen LogP contribution in [0.1, 0.15) is 18.4 Å². The monoisotopic (exact) mass is 392 g/mol. The Morgan fingerprint density at radius 2 is 1.86 bits per heavy atom. The molecule has 28 heavy (non-hydrogen) atoms. The van der Waals surface area contributed by atoms with Gasteiger partial charge in [-0.05, 0) is 30.5 Å². The Morgan fingerprint density at radius 1 is 1.18 bits per heavy atom. The van der Waals surface area contributed by atoms with E-state index in [0.29, 0.717) is 57.9 Å². The van der Waals surface area contributed by atoms with Crippen LogP contribution in [0.15, 0.2) is 18.2 Å². The topological polar surface area (TPSA) is 65.1 Å². The van der Waals surface area contributed by atoms with E-state index >= 15 is 0 Å². The zero-order chi connectivity index (χ0) is 20.1. The zero-order valence-corrected chi connectivity index (χ0v) is 16.6. The predicted molar refractivity (Wildman–Crippen MR) is 105 cm³/mol. The average molecular weight is 392 g/mol. The number of carbonyl (C=O) groups excluding carboxylic acids is 2. The molecule has 2 aliphatic rings. The molecule has 1 aromatic rings. The van der Waals surface area contributed by atoms with Gasteiger partial charge in [-0.3, -0.25) is 4.79 Å². The summed E-state index contributed by atoms with van der Waals surface area (Å²) >= 11 is 0. The van der Waals surface area contributed by atoms with Crippen LogP contribution in [-0.2, 0) is 16.1 Å². The maximum absolute atomic E-state index is 14.5. The number of nitrogens with one attached hydrogen (secondary N) is 1. The fourth-order valence-corrected chi connectivity index (χ4v) is 3.71. The lowest BCUT2D eigenvalue weighted by Crippen LogP contribution is -2.46. The molecule has 154 valence electrons. The fraction of sp³-hybridized carbons (Fsp3) is 0.600. The van der Waals surface area contributed by atoms with Gasteiger partial charge in [-0.15, -0.1) is 0 Å². The number of benzene rings is 1. The van der Waals surface area contributed by atoms with Crippen molar-refractivity contribution in [1.82, 2.24) is 15.1 Å². The summed E-state index contributed by atoms with van der Waals surface area (Å²) in [5.41, 5.74) is 1.30. The molecule has 3 amide bonds. The molecule has 8 heteroatoms. The van der Waals surface area contributed by atoms with Gasteiger partial charge in [-0.2, -0.15) is 0 Å². The average Bonchev–Trinajstić information content (AvgIpc) is 2.72. The van der Waals surface area contributed by atoms with Gasteiger partial charge in [-0.25, -0.2) is 9.18 Å². The van der Waals surface area contributed by atoms with E-state index in [1.54, 1.807) is 30.0 Å². The summed E-state index contributed by atoms with van der Waals surface area (Å²) in [6, 6.07) is 4.91. The number of morpholine rings is 1. The van der Waals surface area contributed by atoms with Crippen molar-refractivity contribution in [2.24, 2.45) is 5.92 Å². The first-order valence-corrected chi connectivity index (χ1v) is 9.81. The minimum atomic E-state index is -0.281. The molecule has 2 heterocycles. The molecular weight excluding hydrogens is 363 g/mol. The number of likely N-dealkylation sites (tertiary alicyclic amines) is 1. The number of urea groups is 1. The molecule has 0 bridgehead atoms. The molecule has 0 atom stereocenters. The van der Waals surface area contributed by atoms with E-state index in [1.165, 1.54) is 6.07 Å². The van der Waals surface area contributed by atoms with Crippen molar-refractivity contribution in [2.75, 3.05) is 58.4 Å². The number of halogens is 1. The third-order valence-corrected chi connectivity index (χ3v) is 5.38. The second-order valence-electron chi connectivity index (χ2n) is 7.54. The Morgan fingerprint density at radius 3 is 2.46 bits per heavy atom. The van der Waals surface area contributed by atoms with Gasteiger partial charge in [0.05, 0.1) is 18.9 Å². The molecular formula is C20H29FN4O3. The van der Waals surface area contributed by atoms with Crippen LogP contribution in [0.4, 0.5) is 14.9 Å². The van der Waals surface area contributed by atoms with Gasteiger partial charge in [0.15, 0.2) is 0 Å². The molecule has 2 aliphatic heterocycles. The molecule has 0 aromatic heterocycles. The Bertz CT molecular complexity index is 699. The molecule has 0 radical (unpaired) electrons. The van der Waals surface area contributed by atoms with Crippen molar-refractivity contribution in [3.05, 3.63) is 29.6 Å². The third-order valence-electron chi connectivity index (χ3n) is 5.38. The highest BCUT2D eigenvalue weighted by Crippen LogP contribution is 2.22. The summed E-state index contributed by atoms with van der Waals surface area (Å²) in [7, 11) is 3.51. The summed E-state index contributed by atoms with van der Waals surface area (Å²) in [5, 5.41) is 2.85. The number of hydrogen-bond acceptors (Lipinski definition) is 4. The fourth-order valence-electron chi connectivity index (χ4n) is 3.71. The lowest BCUT2D eigenvalue weighted by atomic mass is 9.96. The summed E-state index contributed by atoms with van der Waals surface area (Å²) in [5.74, 6) is -0.173. The van der Waals surface area contributed by atoms with Gasteiger partial charge in [0.2, 0.25) is 5.91 Å². The molecule has 7 nitrogen and oxygen atoms in total. The minimum absolute atomic E-state index is 0.0131. The van der Waals surface area contributed by atoms with Crippen LogP contribution < -0.4 is 10.2 Å². The first-order chi connectivity index (χ1) is 13.5. The maximum atomic E-state index is 14.5. The Kier molecular flexibility index (Phi) is 6.72. The van der Waals surface area contributed by atoms with E-state index in [0.717, 1.165) is 5.56 Å². The van der Waals surface area contributed by atoms with Crippen molar-refractivity contribution >= 4 is 17.6 Å². The molecule has 3 rings (SSSR count). The Balaban J connectivity index is 1.48. The van der Waals surface area contributed by atoms with Crippen LogP contribution >= 0.6 is 0 Å². The van der Waals surface area contributed by atoms with E-state index in [1.807, 2.05) is 11.0 Å². The highest BCUT2D eigenvalue weighted by atomic mass is 19.1. The number of anilines is 1. The first-order valence-electron chi connectivity index (χ1n) is 9.81. The molecule has 0 unspecified atom stereocenters. The molecule has 2 fully saturated rings. The molecule has 0 spiro atoms. The summed E-state index contributed by atoms with van der Waals surface area (Å²) in [4.78, 5) is 29.7. The van der Waals surface area contributed by atoms with E-state index in [9.17, 15) is 14.0 Å². The summed E-state index contributed by atoms with van der Waals surface area (Å²) < 4.78 is 19.8. The molecule has 0 aliphatic carbocycles. The third kappa shape index (κ3) is 4.92. The van der Waals surface area contributed by atoms with Crippen LogP contribution in [0.2, 0.25) is 0 Å². The van der Waals surface area contributed by atoms with Crippen molar-refractivity contribution in [3.8, 4) is 0 Å². The van der Waals surface area contributed by atoms with Gasteiger partial charge in [-0.1, -0.05) is 6.07 Å². The quantitative estimate of drug-likeness (QED) is 0.847. The largest absolute Gasteiger partial charge is 0.378 e. The van der Waals surface area contributed by atoms with E-state index in [4.69, 9.17) is 4.74 Å². The van der Waals surface area contributed by atoms with Gasteiger partial charge in [0.25, 0.3) is 0 Å². The SMILES string of the molecule is CN(C)C(=O)C1CCN(C(=O)NCc2ccc(N3CCOCC3)c(F)c2)CC1. The number of hydrogen-bond donors (Lipinski definition) is 1. The van der Waals surface area contributed by atoms with Gasteiger partial charge >= 0.3 is 6.03 Å². The lowest BCUT2D eigenvalue weighted by molar-refractivity contribution is -0.134.